The average molecular weight is 547 g/mol. The normalized spacial score (nSPS) is 17.6. The van der Waals surface area contributed by atoms with Crippen LogP contribution in [-0.4, -0.2) is 64.8 Å². The van der Waals surface area contributed by atoms with Crippen LogP contribution in [0.1, 0.15) is 37.6 Å². The molecule has 0 aliphatic carbocycles. The Morgan fingerprint density at radius 3 is 2.57 bits per heavy atom. The standard InChI is InChI=1S/C18H22Cl2FIN2O4/c1-18(2,3)28-17(27)23-5-6-24(10(9-23)4-7-25)16(26)11-8-12(19)15(22)13(20)14(11)21/h8,10,25H,4-7,9H2,1-3H3/t10-/m1/s1. The van der Waals surface area contributed by atoms with E-state index in [1.165, 1.54) is 15.9 Å². The van der Waals surface area contributed by atoms with Crippen LogP contribution in [0.25, 0.3) is 0 Å². The Bertz CT molecular complexity index is 773. The Balaban J connectivity index is 2.24. The number of aliphatic hydroxyl groups is 1. The van der Waals surface area contributed by atoms with Crippen molar-refractivity contribution >= 4 is 57.8 Å². The van der Waals surface area contributed by atoms with Gasteiger partial charge in [0.1, 0.15) is 5.60 Å². The summed E-state index contributed by atoms with van der Waals surface area (Å²) < 4.78 is 20.3. The SMILES string of the molecule is CC(C)(C)OC(=O)N1CCN(C(=O)c2cc(Cl)c(I)c(Cl)c2F)[C@H](CCO)C1. The minimum Gasteiger partial charge on any atom is -0.444 e. The molecule has 10 heteroatoms. The second-order valence-electron chi connectivity index (χ2n) is 7.44. The summed E-state index contributed by atoms with van der Waals surface area (Å²) in [7, 11) is 0. The topological polar surface area (TPSA) is 70.1 Å². The highest BCUT2D eigenvalue weighted by atomic mass is 127. The predicted octanol–water partition coefficient (Wildman–Crippen LogP) is 4.18. The number of nitrogens with zero attached hydrogens (tertiary/aromatic N) is 2. The van der Waals surface area contributed by atoms with Crippen LogP contribution >= 0.6 is 45.8 Å². The van der Waals surface area contributed by atoms with Crippen molar-refractivity contribution in [1.29, 1.82) is 0 Å². The second kappa shape index (κ2) is 9.32. The number of halogens is 4. The minimum atomic E-state index is -0.835. The quantitative estimate of drug-likeness (QED) is 0.351. The molecule has 0 unspecified atom stereocenters. The van der Waals surface area contributed by atoms with Gasteiger partial charge in [0, 0.05) is 26.2 Å². The monoisotopic (exact) mass is 546 g/mol. The summed E-state index contributed by atoms with van der Waals surface area (Å²) in [6.45, 7) is 5.69. The lowest BCUT2D eigenvalue weighted by Gasteiger charge is -2.41. The molecule has 2 amide bonds. The van der Waals surface area contributed by atoms with Gasteiger partial charge < -0.3 is 19.6 Å². The second-order valence-corrected chi connectivity index (χ2v) is 9.30. The Kier molecular flexibility index (Phi) is 7.80. The molecule has 1 aromatic rings. The van der Waals surface area contributed by atoms with Gasteiger partial charge in [-0.15, -0.1) is 0 Å². The van der Waals surface area contributed by atoms with Crippen LogP contribution in [0.5, 0.6) is 0 Å². The molecule has 1 saturated heterocycles. The van der Waals surface area contributed by atoms with Gasteiger partial charge in [0.2, 0.25) is 0 Å². The number of hydrogen-bond acceptors (Lipinski definition) is 4. The maximum absolute atomic E-state index is 14.6. The third-order valence-electron chi connectivity index (χ3n) is 4.19. The van der Waals surface area contributed by atoms with Crippen LogP contribution in [0.3, 0.4) is 0 Å². The highest BCUT2D eigenvalue weighted by Crippen LogP contribution is 2.32. The molecular formula is C18H22Cl2FIN2O4. The number of carbonyl (C=O) groups excluding carboxylic acids is 2. The van der Waals surface area contributed by atoms with E-state index >= 15 is 0 Å². The maximum atomic E-state index is 14.6. The fourth-order valence-electron chi connectivity index (χ4n) is 2.89. The molecule has 2 rings (SSSR count). The van der Waals surface area contributed by atoms with Crippen LogP contribution in [0, 0.1) is 9.39 Å². The summed E-state index contributed by atoms with van der Waals surface area (Å²) >= 11 is 13.8. The zero-order valence-corrected chi connectivity index (χ0v) is 19.4. The molecular weight excluding hydrogens is 525 g/mol. The number of carbonyl (C=O) groups is 2. The Morgan fingerprint density at radius 2 is 2.00 bits per heavy atom. The van der Waals surface area contributed by atoms with Crippen LogP contribution in [-0.2, 0) is 4.74 Å². The van der Waals surface area contributed by atoms with Crippen molar-refractivity contribution in [2.45, 2.75) is 38.8 Å². The largest absolute Gasteiger partial charge is 0.444 e. The predicted molar refractivity (Wildman–Crippen MR) is 113 cm³/mol. The minimum absolute atomic E-state index is 0.170. The van der Waals surface area contributed by atoms with Crippen LogP contribution in [0.15, 0.2) is 6.07 Å². The molecule has 0 aromatic heterocycles. The molecule has 28 heavy (non-hydrogen) atoms. The molecule has 1 aliphatic rings. The van der Waals surface area contributed by atoms with Crippen LogP contribution in [0.4, 0.5) is 9.18 Å². The van der Waals surface area contributed by atoms with E-state index in [0.717, 1.165) is 0 Å². The van der Waals surface area contributed by atoms with Gasteiger partial charge in [-0.3, -0.25) is 4.79 Å². The van der Waals surface area contributed by atoms with E-state index in [1.807, 2.05) is 0 Å². The molecule has 156 valence electrons. The lowest BCUT2D eigenvalue weighted by molar-refractivity contribution is 0.00167. The summed E-state index contributed by atoms with van der Waals surface area (Å²) in [5, 5.41) is 9.37. The summed E-state index contributed by atoms with van der Waals surface area (Å²) in [5.41, 5.74) is -0.877. The molecule has 0 bridgehead atoms. The smallest absolute Gasteiger partial charge is 0.410 e. The first kappa shape index (κ1) is 23.4. The Labute approximate surface area is 187 Å². The Morgan fingerprint density at radius 1 is 1.36 bits per heavy atom. The summed E-state index contributed by atoms with van der Waals surface area (Å²) in [4.78, 5) is 28.2. The summed E-state index contributed by atoms with van der Waals surface area (Å²) in [6, 6.07) is 0.762. The van der Waals surface area contributed by atoms with Gasteiger partial charge in [-0.25, -0.2) is 9.18 Å². The number of amides is 2. The van der Waals surface area contributed by atoms with E-state index in [0.29, 0.717) is 3.57 Å². The zero-order valence-electron chi connectivity index (χ0n) is 15.8. The first-order valence-electron chi connectivity index (χ1n) is 8.69. The highest BCUT2D eigenvalue weighted by molar-refractivity contribution is 14.1. The van der Waals surface area contributed by atoms with Crippen molar-refractivity contribution in [2.24, 2.45) is 0 Å². The molecule has 1 heterocycles. The van der Waals surface area contributed by atoms with Crippen molar-refractivity contribution < 1.29 is 23.8 Å². The maximum Gasteiger partial charge on any atom is 0.410 e. The highest BCUT2D eigenvalue weighted by Gasteiger charge is 2.35. The van der Waals surface area contributed by atoms with E-state index in [2.05, 4.69) is 0 Å². The third-order valence-corrected chi connectivity index (χ3v) is 6.60. The van der Waals surface area contributed by atoms with Gasteiger partial charge in [0.25, 0.3) is 5.91 Å². The van der Waals surface area contributed by atoms with E-state index in [4.69, 9.17) is 27.9 Å². The molecule has 1 atom stereocenters. The first-order chi connectivity index (χ1) is 13.0. The molecule has 0 radical (unpaired) electrons. The first-order valence-corrected chi connectivity index (χ1v) is 10.5. The van der Waals surface area contributed by atoms with Gasteiger partial charge >= 0.3 is 6.09 Å². The molecule has 1 aromatic carbocycles. The molecule has 0 spiro atoms. The zero-order chi connectivity index (χ0) is 21.2. The van der Waals surface area contributed by atoms with Crippen LogP contribution in [0.2, 0.25) is 10.0 Å². The van der Waals surface area contributed by atoms with E-state index < -0.39 is 29.5 Å². The van der Waals surface area contributed by atoms with Crippen molar-refractivity contribution in [3.63, 3.8) is 0 Å². The van der Waals surface area contributed by atoms with Crippen molar-refractivity contribution in [3.8, 4) is 0 Å². The molecule has 0 saturated carbocycles. The fourth-order valence-corrected chi connectivity index (χ4v) is 3.74. The van der Waals surface area contributed by atoms with Gasteiger partial charge in [-0.05, 0) is 55.8 Å². The lowest BCUT2D eigenvalue weighted by Crippen LogP contribution is -2.57. The third kappa shape index (κ3) is 5.40. The molecule has 1 fully saturated rings. The van der Waals surface area contributed by atoms with Gasteiger partial charge in [-0.1, -0.05) is 23.2 Å². The van der Waals surface area contributed by atoms with Gasteiger partial charge in [-0.2, -0.15) is 0 Å². The Hall–Kier alpha value is -0.840. The van der Waals surface area contributed by atoms with Crippen molar-refractivity contribution in [2.75, 3.05) is 26.2 Å². The van der Waals surface area contributed by atoms with Crippen molar-refractivity contribution in [1.82, 2.24) is 9.80 Å². The average Bonchev–Trinajstić information content (AvgIpc) is 2.61. The number of benzene rings is 1. The summed E-state index contributed by atoms with van der Waals surface area (Å²) in [5.74, 6) is -1.42. The van der Waals surface area contributed by atoms with Crippen LogP contribution < -0.4 is 0 Å². The van der Waals surface area contributed by atoms with E-state index in [9.17, 15) is 19.1 Å². The van der Waals surface area contributed by atoms with Gasteiger partial charge in [0.15, 0.2) is 5.82 Å². The molecule has 1 N–H and O–H groups in total. The number of aliphatic hydroxyl groups excluding tert-OH is 1. The van der Waals surface area contributed by atoms with E-state index in [1.54, 1.807) is 43.4 Å². The number of rotatable bonds is 3. The summed E-state index contributed by atoms with van der Waals surface area (Å²) in [6.07, 6.45) is -0.257. The van der Waals surface area contributed by atoms with Gasteiger partial charge in [0.05, 0.1) is 25.2 Å². The fraction of sp³-hybridized carbons (Fsp3) is 0.556. The number of hydrogen-bond donors (Lipinski definition) is 1. The molecule has 6 nitrogen and oxygen atoms in total. The number of piperazine rings is 1. The molecule has 1 aliphatic heterocycles. The number of ether oxygens (including phenoxy) is 1. The van der Waals surface area contributed by atoms with Crippen molar-refractivity contribution in [3.05, 3.63) is 31.1 Å². The van der Waals surface area contributed by atoms with E-state index in [-0.39, 0.29) is 48.3 Å². The lowest BCUT2D eigenvalue weighted by atomic mass is 10.1.